The summed E-state index contributed by atoms with van der Waals surface area (Å²) in [5.74, 6) is 0.00808. The molecule has 20 heavy (non-hydrogen) atoms. The summed E-state index contributed by atoms with van der Waals surface area (Å²) in [6.07, 6.45) is 1.48. The zero-order chi connectivity index (χ0) is 15.1. The molecule has 0 aromatic carbocycles. The molecular weight excluding hydrogens is 256 g/mol. The van der Waals surface area contributed by atoms with Crippen molar-refractivity contribution in [3.05, 3.63) is 17.5 Å². The van der Waals surface area contributed by atoms with Crippen LogP contribution in [0.3, 0.4) is 0 Å². The molecule has 108 valence electrons. The molecule has 1 rings (SSSR count). The van der Waals surface area contributed by atoms with Gasteiger partial charge in [-0.05, 0) is 27.7 Å². The van der Waals surface area contributed by atoms with Crippen molar-refractivity contribution >= 4 is 11.9 Å². The monoisotopic (exact) mass is 276 g/mol. The van der Waals surface area contributed by atoms with Gasteiger partial charge in [-0.2, -0.15) is 5.26 Å². The Balaban J connectivity index is 2.95. The molecule has 0 aliphatic rings. The lowest BCUT2D eigenvalue weighted by Gasteiger charge is -2.22. The van der Waals surface area contributed by atoms with Crippen molar-refractivity contribution < 1.29 is 9.53 Å². The molecular formula is C14H20N4O2. The molecule has 0 spiro atoms. The topological polar surface area (TPSA) is 79.1 Å². The number of aromatic nitrogens is 2. The van der Waals surface area contributed by atoms with Gasteiger partial charge >= 0.3 is 5.97 Å². The van der Waals surface area contributed by atoms with Crippen LogP contribution in [-0.4, -0.2) is 35.6 Å². The summed E-state index contributed by atoms with van der Waals surface area (Å²) in [7, 11) is 0. The predicted octanol–water partition coefficient (Wildman–Crippen LogP) is 1.95. The summed E-state index contributed by atoms with van der Waals surface area (Å²) < 4.78 is 4.94. The second kappa shape index (κ2) is 7.43. The maximum atomic E-state index is 11.7. The lowest BCUT2D eigenvalue weighted by molar-refractivity contribution is 0.0524. The first-order valence-electron chi connectivity index (χ1n) is 6.68. The zero-order valence-corrected chi connectivity index (χ0v) is 12.4. The number of ether oxygens (including phenoxy) is 1. The summed E-state index contributed by atoms with van der Waals surface area (Å²) in [5.41, 5.74) is 0.955. The lowest BCUT2D eigenvalue weighted by atomic mass is 10.2. The van der Waals surface area contributed by atoms with Gasteiger partial charge < -0.3 is 9.64 Å². The molecule has 0 saturated carbocycles. The number of carbonyl (C=O) groups excluding carboxylic acids is 1. The minimum Gasteiger partial charge on any atom is -0.462 e. The highest BCUT2D eigenvalue weighted by atomic mass is 16.5. The number of aryl methyl sites for hydroxylation is 1. The predicted molar refractivity (Wildman–Crippen MR) is 75.4 cm³/mol. The first-order valence-corrected chi connectivity index (χ1v) is 6.68. The van der Waals surface area contributed by atoms with Crippen molar-refractivity contribution in [3.8, 4) is 6.07 Å². The first kappa shape index (κ1) is 15.9. The third-order valence-corrected chi connectivity index (χ3v) is 2.84. The summed E-state index contributed by atoms with van der Waals surface area (Å²) >= 11 is 0. The lowest BCUT2D eigenvalue weighted by Crippen LogP contribution is -2.30. The summed E-state index contributed by atoms with van der Waals surface area (Å²) in [5, 5.41) is 8.88. The maximum Gasteiger partial charge on any atom is 0.341 e. The summed E-state index contributed by atoms with van der Waals surface area (Å²) in [4.78, 5) is 22.1. The molecule has 1 aromatic heterocycles. The normalized spacial score (nSPS) is 11.6. The van der Waals surface area contributed by atoms with Gasteiger partial charge in [0.2, 0.25) is 5.95 Å². The maximum absolute atomic E-state index is 11.7. The van der Waals surface area contributed by atoms with Crippen LogP contribution in [0.5, 0.6) is 0 Å². The van der Waals surface area contributed by atoms with Crippen molar-refractivity contribution in [2.24, 2.45) is 5.92 Å². The van der Waals surface area contributed by atoms with Gasteiger partial charge in [0.05, 0.1) is 29.9 Å². The van der Waals surface area contributed by atoms with E-state index in [1.807, 2.05) is 18.7 Å². The molecule has 0 radical (unpaired) electrons. The number of nitriles is 1. The van der Waals surface area contributed by atoms with Crippen LogP contribution in [0.1, 0.15) is 36.8 Å². The van der Waals surface area contributed by atoms with E-state index in [2.05, 4.69) is 16.0 Å². The van der Waals surface area contributed by atoms with Crippen LogP contribution >= 0.6 is 0 Å². The number of hydrogen-bond donors (Lipinski definition) is 0. The number of nitrogens with zero attached hydrogens (tertiary/aromatic N) is 4. The van der Waals surface area contributed by atoms with Crippen LogP contribution in [0.15, 0.2) is 6.20 Å². The van der Waals surface area contributed by atoms with Crippen LogP contribution in [0.4, 0.5) is 5.95 Å². The highest BCUT2D eigenvalue weighted by molar-refractivity contribution is 5.90. The molecule has 0 fully saturated rings. The Labute approximate surface area is 119 Å². The molecule has 0 N–H and O–H groups in total. The number of hydrogen-bond acceptors (Lipinski definition) is 6. The van der Waals surface area contributed by atoms with Crippen LogP contribution in [0, 0.1) is 24.2 Å². The van der Waals surface area contributed by atoms with Gasteiger partial charge in [0.1, 0.15) is 0 Å². The van der Waals surface area contributed by atoms with Gasteiger partial charge in [-0.1, -0.05) is 0 Å². The largest absolute Gasteiger partial charge is 0.462 e. The highest BCUT2D eigenvalue weighted by Gasteiger charge is 2.16. The Kier molecular flexibility index (Phi) is 5.91. The van der Waals surface area contributed by atoms with Gasteiger partial charge in [-0.25, -0.2) is 14.8 Å². The molecule has 1 atom stereocenters. The van der Waals surface area contributed by atoms with Crippen molar-refractivity contribution in [2.45, 2.75) is 27.7 Å². The number of esters is 1. The standard InChI is InChI=1S/C14H20N4O2/c1-5-18(9-10(3)7-15)14-16-8-12(11(4)17-14)13(19)20-6-2/h8,10H,5-6,9H2,1-4H3. The average molecular weight is 276 g/mol. The van der Waals surface area contributed by atoms with Crippen molar-refractivity contribution in [1.82, 2.24) is 9.97 Å². The molecule has 0 saturated heterocycles. The van der Waals surface area contributed by atoms with E-state index in [0.717, 1.165) is 0 Å². The third kappa shape index (κ3) is 3.92. The molecule has 6 nitrogen and oxygen atoms in total. The molecule has 0 bridgehead atoms. The molecule has 0 aliphatic carbocycles. The Morgan fingerprint density at radius 1 is 1.55 bits per heavy atom. The minimum atomic E-state index is -0.412. The molecule has 0 aliphatic heterocycles. The zero-order valence-electron chi connectivity index (χ0n) is 12.4. The van der Waals surface area contributed by atoms with Gasteiger partial charge in [-0.15, -0.1) is 0 Å². The molecule has 0 amide bonds. The highest BCUT2D eigenvalue weighted by Crippen LogP contribution is 2.13. The summed E-state index contributed by atoms with van der Waals surface area (Å²) in [6.45, 7) is 8.91. The Bertz CT molecular complexity index is 510. The SMILES string of the molecule is CCOC(=O)c1cnc(N(CC)CC(C)C#N)nc1C. The van der Waals surface area contributed by atoms with Crippen LogP contribution in [0.25, 0.3) is 0 Å². The quantitative estimate of drug-likeness (QED) is 0.739. The number of carbonyl (C=O) groups is 1. The number of anilines is 1. The smallest absolute Gasteiger partial charge is 0.341 e. The molecule has 1 heterocycles. The van der Waals surface area contributed by atoms with Gasteiger partial charge in [0, 0.05) is 19.3 Å². The Hall–Kier alpha value is -2.16. The number of rotatable bonds is 6. The average Bonchev–Trinajstić information content (AvgIpc) is 2.44. The van der Waals surface area contributed by atoms with Crippen LogP contribution in [0.2, 0.25) is 0 Å². The van der Waals surface area contributed by atoms with Crippen LogP contribution in [-0.2, 0) is 4.74 Å². The molecule has 1 aromatic rings. The fraction of sp³-hybridized carbons (Fsp3) is 0.571. The van der Waals surface area contributed by atoms with Crippen molar-refractivity contribution in [1.29, 1.82) is 5.26 Å². The van der Waals surface area contributed by atoms with Crippen molar-refractivity contribution in [2.75, 3.05) is 24.6 Å². The van der Waals surface area contributed by atoms with E-state index >= 15 is 0 Å². The molecule has 6 heteroatoms. The van der Waals surface area contributed by atoms with E-state index < -0.39 is 5.97 Å². The van der Waals surface area contributed by atoms with Crippen LogP contribution < -0.4 is 4.90 Å². The fourth-order valence-electron chi connectivity index (χ4n) is 1.74. The van der Waals surface area contributed by atoms with E-state index in [9.17, 15) is 4.79 Å². The first-order chi connectivity index (χ1) is 9.53. The van der Waals surface area contributed by atoms with E-state index in [4.69, 9.17) is 10.00 Å². The minimum absolute atomic E-state index is 0.108. The second-order valence-electron chi connectivity index (χ2n) is 4.46. The van der Waals surface area contributed by atoms with Gasteiger partial charge in [-0.3, -0.25) is 0 Å². The van der Waals surface area contributed by atoms with Gasteiger partial charge in [0.15, 0.2) is 0 Å². The Morgan fingerprint density at radius 3 is 2.75 bits per heavy atom. The van der Waals surface area contributed by atoms with E-state index in [0.29, 0.717) is 36.9 Å². The Morgan fingerprint density at radius 2 is 2.25 bits per heavy atom. The second-order valence-corrected chi connectivity index (χ2v) is 4.46. The third-order valence-electron chi connectivity index (χ3n) is 2.84. The van der Waals surface area contributed by atoms with E-state index in [1.165, 1.54) is 6.20 Å². The van der Waals surface area contributed by atoms with Gasteiger partial charge in [0.25, 0.3) is 0 Å². The summed E-state index contributed by atoms with van der Waals surface area (Å²) in [6, 6.07) is 2.19. The van der Waals surface area contributed by atoms with Crippen molar-refractivity contribution in [3.63, 3.8) is 0 Å². The fourth-order valence-corrected chi connectivity index (χ4v) is 1.74. The molecule has 1 unspecified atom stereocenters. The van der Waals surface area contributed by atoms with E-state index in [-0.39, 0.29) is 5.92 Å². The van der Waals surface area contributed by atoms with E-state index in [1.54, 1.807) is 13.8 Å².